The van der Waals surface area contributed by atoms with Gasteiger partial charge in [-0.2, -0.15) is 12.6 Å². The second-order valence-electron chi connectivity index (χ2n) is 5.03. The standard InChI is InChI=1S/C17H18ClN3S.ClH/c1-2-21(14-9-10-16(20-19)15(18)12-14)17(22)11-8-13-6-4-3-5-7-13;/h3-7,9-10,12,17H,2,8,11H2,1H3;1H. The van der Waals surface area contributed by atoms with E-state index in [2.05, 4.69) is 41.1 Å². The Balaban J connectivity index is 0.00000264. The molecule has 122 valence electrons. The van der Waals surface area contributed by atoms with Crippen molar-refractivity contribution < 1.29 is 12.4 Å². The van der Waals surface area contributed by atoms with Crippen LogP contribution < -0.4 is 17.3 Å². The van der Waals surface area contributed by atoms with Gasteiger partial charge in [0.15, 0.2) is 4.98 Å². The van der Waals surface area contributed by atoms with Gasteiger partial charge in [0.2, 0.25) is 5.39 Å². The fourth-order valence-corrected chi connectivity index (χ4v) is 3.06. The molecule has 0 saturated heterocycles. The molecule has 2 aromatic rings. The smallest absolute Gasteiger partial charge is 0.403 e. The van der Waals surface area contributed by atoms with Crippen LogP contribution in [0.5, 0.6) is 0 Å². The van der Waals surface area contributed by atoms with E-state index in [9.17, 15) is 0 Å². The van der Waals surface area contributed by atoms with Gasteiger partial charge < -0.3 is 17.3 Å². The van der Waals surface area contributed by atoms with Crippen LogP contribution in [0, 0.1) is 5.39 Å². The van der Waals surface area contributed by atoms with Crippen molar-refractivity contribution in [1.82, 2.24) is 0 Å². The minimum absolute atomic E-state index is 0. The average molecular weight is 368 g/mol. The van der Waals surface area contributed by atoms with Gasteiger partial charge in [0.05, 0.1) is 5.37 Å². The topological polar surface area (TPSA) is 31.4 Å². The summed E-state index contributed by atoms with van der Waals surface area (Å²) < 4.78 is 0. The first kappa shape index (κ1) is 19.6. The van der Waals surface area contributed by atoms with Crippen molar-refractivity contribution in [2.75, 3.05) is 11.4 Å². The molecule has 0 heterocycles. The van der Waals surface area contributed by atoms with Crippen molar-refractivity contribution >= 4 is 35.6 Å². The molecule has 0 aromatic heterocycles. The molecule has 0 aliphatic rings. The van der Waals surface area contributed by atoms with Crippen LogP contribution in [-0.4, -0.2) is 11.9 Å². The van der Waals surface area contributed by atoms with Crippen molar-refractivity contribution in [1.29, 1.82) is 5.39 Å². The Hall–Kier alpha value is -1.41. The van der Waals surface area contributed by atoms with Gasteiger partial charge in [0.1, 0.15) is 5.02 Å². The van der Waals surface area contributed by atoms with E-state index in [1.165, 1.54) is 5.56 Å². The number of halogens is 2. The van der Waals surface area contributed by atoms with Crippen LogP contribution in [-0.2, 0) is 6.42 Å². The molecule has 1 unspecified atom stereocenters. The minimum atomic E-state index is 0. The Labute approximate surface area is 154 Å². The molecule has 0 radical (unpaired) electrons. The zero-order valence-electron chi connectivity index (χ0n) is 12.9. The number of anilines is 1. The predicted octanol–water partition coefficient (Wildman–Crippen LogP) is 2.54. The highest BCUT2D eigenvalue weighted by Gasteiger charge is 2.18. The third-order valence-corrected chi connectivity index (χ3v) is 4.44. The van der Waals surface area contributed by atoms with E-state index in [4.69, 9.17) is 29.6 Å². The fourth-order valence-electron chi connectivity index (χ4n) is 2.42. The molecule has 0 amide bonds. The first-order valence-electron chi connectivity index (χ1n) is 7.29. The maximum atomic E-state index is 8.84. The Kier molecular flexibility index (Phi) is 8.25. The van der Waals surface area contributed by atoms with Crippen molar-refractivity contribution in [2.24, 2.45) is 0 Å². The summed E-state index contributed by atoms with van der Waals surface area (Å²) in [6.45, 7) is 2.92. The van der Waals surface area contributed by atoms with Crippen LogP contribution >= 0.6 is 24.2 Å². The van der Waals surface area contributed by atoms with Crippen LogP contribution in [0.4, 0.5) is 11.4 Å². The Morgan fingerprint density at radius 3 is 2.48 bits per heavy atom. The van der Waals surface area contributed by atoms with E-state index in [0.29, 0.717) is 10.7 Å². The maximum absolute atomic E-state index is 8.84. The Morgan fingerprint density at radius 2 is 1.91 bits per heavy atom. The molecule has 0 bridgehead atoms. The second kappa shape index (κ2) is 9.67. The molecule has 0 aliphatic heterocycles. The lowest BCUT2D eigenvalue weighted by atomic mass is 10.1. The van der Waals surface area contributed by atoms with Crippen molar-refractivity contribution in [2.45, 2.75) is 25.1 Å². The SMILES string of the molecule is CCN(c1ccc([N+]#N)c(Cl)c1)C(S)CCc1ccccc1.[Cl-]. The molecule has 0 N–H and O–H groups in total. The van der Waals surface area contributed by atoms with E-state index >= 15 is 0 Å². The predicted molar refractivity (Wildman–Crippen MR) is 96.8 cm³/mol. The van der Waals surface area contributed by atoms with Gasteiger partial charge >= 0.3 is 5.69 Å². The van der Waals surface area contributed by atoms with Crippen LogP contribution in [0.15, 0.2) is 48.5 Å². The van der Waals surface area contributed by atoms with Gasteiger partial charge in [0, 0.05) is 18.3 Å². The Morgan fingerprint density at radius 1 is 1.22 bits per heavy atom. The number of aryl methyl sites for hydroxylation is 1. The largest absolute Gasteiger partial charge is 1.00 e. The monoisotopic (exact) mass is 367 g/mol. The van der Waals surface area contributed by atoms with E-state index < -0.39 is 0 Å². The van der Waals surface area contributed by atoms with Crippen LogP contribution in [0.2, 0.25) is 5.02 Å². The number of benzene rings is 2. The quantitative estimate of drug-likeness (QED) is 0.483. The molecule has 0 aliphatic carbocycles. The third-order valence-electron chi connectivity index (χ3n) is 3.61. The second-order valence-corrected chi connectivity index (χ2v) is 6.03. The van der Waals surface area contributed by atoms with Crippen LogP contribution in [0.1, 0.15) is 18.9 Å². The molecule has 0 fully saturated rings. The minimum Gasteiger partial charge on any atom is -1.00 e. The third kappa shape index (κ3) is 5.31. The number of diazo groups is 1. The molecule has 3 nitrogen and oxygen atoms in total. The lowest BCUT2D eigenvalue weighted by molar-refractivity contribution is -0.00000450. The molecule has 0 saturated carbocycles. The van der Waals surface area contributed by atoms with Gasteiger partial charge in [-0.15, -0.1) is 0 Å². The summed E-state index contributed by atoms with van der Waals surface area (Å²) in [4.78, 5) is 5.33. The zero-order chi connectivity index (χ0) is 15.9. The molecular weight excluding hydrogens is 349 g/mol. The van der Waals surface area contributed by atoms with E-state index in [-0.39, 0.29) is 17.8 Å². The molecule has 6 heteroatoms. The van der Waals surface area contributed by atoms with E-state index in [1.54, 1.807) is 6.07 Å². The molecule has 2 rings (SSSR count). The maximum Gasteiger partial charge on any atom is 0.403 e. The molecule has 23 heavy (non-hydrogen) atoms. The lowest BCUT2D eigenvalue weighted by Crippen LogP contribution is -3.00. The van der Waals surface area contributed by atoms with Crippen LogP contribution in [0.3, 0.4) is 0 Å². The first-order valence-corrected chi connectivity index (χ1v) is 8.18. The number of rotatable bonds is 6. The number of hydrogen-bond donors (Lipinski definition) is 1. The van der Waals surface area contributed by atoms with E-state index in [1.807, 2.05) is 18.2 Å². The summed E-state index contributed by atoms with van der Waals surface area (Å²) in [6.07, 6.45) is 1.91. The molecular formula is C17H19Cl2N3S. The molecule has 2 aromatic carbocycles. The van der Waals surface area contributed by atoms with Crippen molar-refractivity contribution in [3.05, 3.63) is 64.1 Å². The van der Waals surface area contributed by atoms with Gasteiger partial charge in [-0.25, -0.2) is 0 Å². The highest BCUT2D eigenvalue weighted by molar-refractivity contribution is 7.81. The molecule has 0 spiro atoms. The highest BCUT2D eigenvalue weighted by atomic mass is 35.5. The summed E-state index contributed by atoms with van der Waals surface area (Å²) in [5, 5.41) is 9.36. The zero-order valence-corrected chi connectivity index (χ0v) is 15.3. The van der Waals surface area contributed by atoms with E-state index in [0.717, 1.165) is 25.1 Å². The van der Waals surface area contributed by atoms with Gasteiger partial charge in [0.25, 0.3) is 0 Å². The summed E-state index contributed by atoms with van der Waals surface area (Å²) in [5.41, 5.74) is 2.67. The van der Waals surface area contributed by atoms with Gasteiger partial charge in [-0.3, -0.25) is 0 Å². The van der Waals surface area contributed by atoms with Crippen LogP contribution in [0.25, 0.3) is 4.98 Å². The average Bonchev–Trinajstić information content (AvgIpc) is 2.55. The van der Waals surface area contributed by atoms with Gasteiger partial charge in [-0.1, -0.05) is 41.9 Å². The number of thiol groups is 1. The summed E-state index contributed by atoms with van der Waals surface area (Å²) in [5.74, 6) is 0. The van der Waals surface area contributed by atoms with Crippen molar-refractivity contribution in [3.8, 4) is 0 Å². The lowest BCUT2D eigenvalue weighted by Gasteiger charge is -2.29. The van der Waals surface area contributed by atoms with Crippen molar-refractivity contribution in [3.63, 3.8) is 0 Å². The normalized spacial score (nSPS) is 11.2. The number of hydrogen-bond acceptors (Lipinski definition) is 3. The fraction of sp³-hybridized carbons (Fsp3) is 0.294. The molecule has 1 atom stereocenters. The first-order chi connectivity index (χ1) is 10.7. The summed E-state index contributed by atoms with van der Waals surface area (Å²) in [7, 11) is 0. The number of nitrogens with zero attached hydrogens (tertiary/aromatic N) is 3. The summed E-state index contributed by atoms with van der Waals surface area (Å²) >= 11 is 10.8. The summed E-state index contributed by atoms with van der Waals surface area (Å²) in [6, 6.07) is 15.8. The Bertz CT molecular complexity index is 659. The van der Waals surface area contributed by atoms with Gasteiger partial charge in [-0.05, 0) is 37.5 Å². The highest BCUT2D eigenvalue weighted by Crippen LogP contribution is 2.31.